The first-order valence-electron chi connectivity index (χ1n) is 8.99. The third-order valence-electron chi connectivity index (χ3n) is 4.89. The summed E-state index contributed by atoms with van der Waals surface area (Å²) in [6.45, 7) is 0. The van der Waals surface area contributed by atoms with E-state index in [4.69, 9.17) is 0 Å². The molecule has 4 aromatic carbocycles. The van der Waals surface area contributed by atoms with Gasteiger partial charge in [-0.05, 0) is 36.7 Å². The molecule has 0 aliphatic rings. The molecule has 28 heavy (non-hydrogen) atoms. The van der Waals surface area contributed by atoms with Gasteiger partial charge in [-0.2, -0.15) is 0 Å². The van der Waals surface area contributed by atoms with Gasteiger partial charge in [0.2, 0.25) is 0 Å². The van der Waals surface area contributed by atoms with Crippen molar-refractivity contribution < 1.29 is 0 Å². The number of hydrogen-bond acceptors (Lipinski definition) is 0. The van der Waals surface area contributed by atoms with Crippen LogP contribution < -0.4 is 0 Å². The molecular formula is C25H21ClIP. The van der Waals surface area contributed by atoms with Crippen LogP contribution in [0.3, 0.4) is 0 Å². The summed E-state index contributed by atoms with van der Waals surface area (Å²) in [7, 11) is 7.75. The molecule has 0 spiro atoms. The molecule has 0 saturated carbocycles. The van der Waals surface area contributed by atoms with Gasteiger partial charge in [0.1, 0.15) is 0 Å². The van der Waals surface area contributed by atoms with E-state index in [-0.39, 0.29) is 5.16 Å². The molecule has 140 valence electrons. The standard InChI is InChI=1S/C25H21P.ClI/c26-25(21-14-6-2-7-15-21,22-16-8-3-9-17-22)24-19-11-10-18-23(24)20-12-4-1-5-13-20;1-2/h1-19H,26H2;. The molecule has 0 saturated heterocycles. The maximum absolute atomic E-state index is 4.61. The minimum atomic E-state index is -0.311. The molecule has 0 N–H and O–H groups in total. The van der Waals surface area contributed by atoms with Gasteiger partial charge in [-0.3, -0.25) is 0 Å². The van der Waals surface area contributed by atoms with E-state index in [0.29, 0.717) is 0 Å². The second-order valence-corrected chi connectivity index (χ2v) is 7.32. The molecule has 0 aromatic heterocycles. The fourth-order valence-electron chi connectivity index (χ4n) is 3.58. The van der Waals surface area contributed by atoms with Crippen molar-refractivity contribution in [3.8, 4) is 11.1 Å². The minimum Gasteiger partial charge on any atom is -0.117 e. The minimum absolute atomic E-state index is 0.311. The highest BCUT2D eigenvalue weighted by atomic mass is 127. The van der Waals surface area contributed by atoms with Gasteiger partial charge in [0.05, 0.1) is 5.16 Å². The Morgan fingerprint density at radius 1 is 0.536 bits per heavy atom. The van der Waals surface area contributed by atoms with Crippen molar-refractivity contribution in [3.63, 3.8) is 0 Å². The van der Waals surface area contributed by atoms with Crippen LogP contribution in [0.5, 0.6) is 0 Å². The fourth-order valence-corrected chi connectivity index (χ4v) is 4.21. The van der Waals surface area contributed by atoms with Gasteiger partial charge < -0.3 is 0 Å². The van der Waals surface area contributed by atoms with E-state index in [9.17, 15) is 0 Å². The first kappa shape index (κ1) is 21.0. The maximum Gasteiger partial charge on any atom is 0.0597 e. The van der Waals surface area contributed by atoms with Crippen molar-refractivity contribution in [3.05, 3.63) is 132 Å². The lowest BCUT2D eigenvalue weighted by molar-refractivity contribution is 0.899. The Morgan fingerprint density at radius 2 is 0.929 bits per heavy atom. The summed E-state index contributed by atoms with van der Waals surface area (Å²) in [4.78, 5) is 0. The van der Waals surface area contributed by atoms with Crippen molar-refractivity contribution in [2.24, 2.45) is 0 Å². The van der Waals surface area contributed by atoms with E-state index in [1.807, 2.05) is 0 Å². The molecule has 4 aromatic rings. The second kappa shape index (κ2) is 10.2. The topological polar surface area (TPSA) is 0 Å². The highest BCUT2D eigenvalue weighted by Gasteiger charge is 2.33. The summed E-state index contributed by atoms with van der Waals surface area (Å²) in [6.07, 6.45) is 0. The highest BCUT2D eigenvalue weighted by Crippen LogP contribution is 2.48. The first-order chi connectivity index (χ1) is 13.8. The first-order valence-corrected chi connectivity index (χ1v) is 12.3. The monoisotopic (exact) mass is 514 g/mol. The van der Waals surface area contributed by atoms with E-state index < -0.39 is 0 Å². The molecule has 1 unspecified atom stereocenters. The molecule has 1 atom stereocenters. The zero-order chi connectivity index (χ0) is 19.8. The average Bonchev–Trinajstić information content (AvgIpc) is 2.81. The Kier molecular flexibility index (Phi) is 7.67. The smallest absolute Gasteiger partial charge is 0.0597 e. The highest BCUT2D eigenvalue weighted by molar-refractivity contribution is 14.1. The van der Waals surface area contributed by atoms with Gasteiger partial charge in [0.15, 0.2) is 0 Å². The van der Waals surface area contributed by atoms with Crippen LogP contribution in [-0.4, -0.2) is 0 Å². The SMILES string of the molecule is ClI.PC(c1ccccc1)(c1ccccc1)c1ccccc1-c1ccccc1. The summed E-state index contributed by atoms with van der Waals surface area (Å²) < 4.78 is 0. The van der Waals surface area contributed by atoms with Crippen molar-refractivity contribution in [2.75, 3.05) is 0 Å². The van der Waals surface area contributed by atoms with Crippen LogP contribution in [-0.2, 0) is 5.16 Å². The van der Waals surface area contributed by atoms with Gasteiger partial charge in [0, 0.05) is 21.5 Å². The predicted molar refractivity (Wildman–Crippen MR) is 134 cm³/mol. The van der Waals surface area contributed by atoms with Crippen molar-refractivity contribution in [2.45, 2.75) is 5.16 Å². The van der Waals surface area contributed by atoms with Crippen LogP contribution in [0.25, 0.3) is 11.1 Å². The van der Waals surface area contributed by atoms with Crippen LogP contribution in [0.4, 0.5) is 0 Å². The van der Waals surface area contributed by atoms with Crippen molar-refractivity contribution in [1.82, 2.24) is 0 Å². The summed E-state index contributed by atoms with van der Waals surface area (Å²) in [6, 6.07) is 40.8. The van der Waals surface area contributed by atoms with Crippen LogP contribution in [0.1, 0.15) is 16.7 Å². The number of hydrogen-bond donors (Lipinski definition) is 0. The summed E-state index contributed by atoms with van der Waals surface area (Å²) in [5.41, 5.74) is 6.31. The lowest BCUT2D eigenvalue weighted by Gasteiger charge is -2.33. The number of benzene rings is 4. The van der Waals surface area contributed by atoms with Gasteiger partial charge in [-0.1, -0.05) is 115 Å². The summed E-state index contributed by atoms with van der Waals surface area (Å²) in [5.74, 6) is 0. The van der Waals surface area contributed by atoms with Gasteiger partial charge >= 0.3 is 0 Å². The van der Waals surface area contributed by atoms with Gasteiger partial charge in [0.25, 0.3) is 0 Å². The molecule has 0 aliphatic carbocycles. The van der Waals surface area contributed by atoms with Gasteiger partial charge in [-0.25, -0.2) is 0 Å². The third kappa shape index (κ3) is 4.33. The molecule has 0 amide bonds. The Morgan fingerprint density at radius 3 is 1.43 bits per heavy atom. The maximum atomic E-state index is 4.61. The molecule has 3 heteroatoms. The van der Waals surface area contributed by atoms with E-state index in [0.717, 1.165) is 0 Å². The van der Waals surface area contributed by atoms with Crippen LogP contribution in [0.15, 0.2) is 115 Å². The van der Waals surface area contributed by atoms with Crippen molar-refractivity contribution in [1.29, 1.82) is 0 Å². The Bertz CT molecular complexity index is 949. The van der Waals surface area contributed by atoms with E-state index in [1.165, 1.54) is 27.8 Å². The summed E-state index contributed by atoms with van der Waals surface area (Å²) in [5, 5.41) is -0.311. The van der Waals surface area contributed by atoms with Gasteiger partial charge in [-0.15, -0.1) is 9.24 Å². The molecule has 0 bridgehead atoms. The zero-order valence-corrected chi connectivity index (χ0v) is 19.4. The van der Waals surface area contributed by atoms with Crippen LogP contribution in [0, 0.1) is 0 Å². The van der Waals surface area contributed by atoms with E-state index >= 15 is 0 Å². The Balaban J connectivity index is 0.00000109. The predicted octanol–water partition coefficient (Wildman–Crippen LogP) is 8.10. The number of halogens is 2. The average molecular weight is 515 g/mol. The quantitative estimate of drug-likeness (QED) is 0.147. The molecular weight excluding hydrogens is 494 g/mol. The second-order valence-electron chi connectivity index (χ2n) is 6.45. The summed E-state index contributed by atoms with van der Waals surface area (Å²) >= 11 is 1.62. The Hall–Kier alpha value is -1.67. The molecule has 0 radical (unpaired) electrons. The Labute approximate surface area is 187 Å². The van der Waals surface area contributed by atoms with Crippen LogP contribution in [0.2, 0.25) is 0 Å². The molecule has 0 heterocycles. The lowest BCUT2D eigenvalue weighted by Crippen LogP contribution is -2.22. The normalized spacial score (nSPS) is 10.7. The van der Waals surface area contributed by atoms with Crippen LogP contribution >= 0.6 is 39.6 Å². The number of rotatable bonds is 4. The van der Waals surface area contributed by atoms with E-state index in [1.54, 1.807) is 21.5 Å². The molecule has 0 fully saturated rings. The third-order valence-corrected chi connectivity index (χ3v) is 5.87. The largest absolute Gasteiger partial charge is 0.117 e. The zero-order valence-electron chi connectivity index (χ0n) is 15.3. The molecule has 4 rings (SSSR count). The van der Waals surface area contributed by atoms with Crippen molar-refractivity contribution >= 4 is 39.6 Å². The lowest BCUT2D eigenvalue weighted by atomic mass is 9.80. The molecule has 0 aliphatic heterocycles. The van der Waals surface area contributed by atoms with E-state index in [2.05, 4.69) is 133 Å². The fraction of sp³-hybridized carbons (Fsp3) is 0.0400. The molecule has 0 nitrogen and oxygen atoms in total.